The number of hydrogen-bond donors (Lipinski definition) is 1. The van der Waals surface area contributed by atoms with Crippen LogP contribution >= 0.6 is 15.9 Å². The molecule has 1 unspecified atom stereocenters. The van der Waals surface area contributed by atoms with Crippen LogP contribution in [0.3, 0.4) is 0 Å². The first kappa shape index (κ1) is 16.0. The number of aryl methyl sites for hydroxylation is 1. The van der Waals surface area contributed by atoms with Crippen LogP contribution in [0.1, 0.15) is 22.3 Å². The van der Waals surface area contributed by atoms with Gasteiger partial charge in [0.2, 0.25) is 0 Å². The van der Waals surface area contributed by atoms with Gasteiger partial charge in [-0.05, 0) is 25.0 Å². The van der Waals surface area contributed by atoms with E-state index in [1.54, 1.807) is 0 Å². The van der Waals surface area contributed by atoms with Crippen LogP contribution in [0.15, 0.2) is 12.1 Å². The Bertz CT molecular complexity index is 449. The molecular formula is C13H16BrF2NO2. The molecule has 1 aromatic carbocycles. The molecule has 3 nitrogen and oxygen atoms in total. The first-order chi connectivity index (χ1) is 8.99. The molecule has 0 heterocycles. The normalized spacial score (nSPS) is 12.3. The smallest absolute Gasteiger partial charge is 0.254 e. The molecule has 0 spiro atoms. The lowest BCUT2D eigenvalue weighted by Crippen LogP contribution is -2.38. The predicted octanol–water partition coefficient (Wildman–Crippen LogP) is 2.80. The van der Waals surface area contributed by atoms with Gasteiger partial charge in [-0.15, -0.1) is 0 Å². The SMILES string of the molecule is COCC(CCBr)NC(=O)c1cc(C)c(F)cc1F. The number of nitrogens with one attached hydrogen (secondary N) is 1. The summed E-state index contributed by atoms with van der Waals surface area (Å²) in [5, 5.41) is 3.35. The molecule has 1 amide bonds. The van der Waals surface area contributed by atoms with Crippen LogP contribution in [0.25, 0.3) is 0 Å². The number of rotatable bonds is 6. The zero-order valence-electron chi connectivity index (χ0n) is 10.8. The highest BCUT2D eigenvalue weighted by atomic mass is 79.9. The first-order valence-corrected chi connectivity index (χ1v) is 6.93. The monoisotopic (exact) mass is 335 g/mol. The Balaban J connectivity index is 2.84. The molecule has 0 aromatic heterocycles. The van der Waals surface area contributed by atoms with Gasteiger partial charge in [-0.3, -0.25) is 4.79 Å². The van der Waals surface area contributed by atoms with E-state index in [4.69, 9.17) is 4.74 Å². The summed E-state index contributed by atoms with van der Waals surface area (Å²) in [5.74, 6) is -2.10. The van der Waals surface area contributed by atoms with E-state index in [0.717, 1.165) is 6.07 Å². The van der Waals surface area contributed by atoms with Crippen molar-refractivity contribution >= 4 is 21.8 Å². The van der Waals surface area contributed by atoms with Crippen molar-refractivity contribution in [3.63, 3.8) is 0 Å². The molecule has 0 aliphatic rings. The molecular weight excluding hydrogens is 320 g/mol. The fraction of sp³-hybridized carbons (Fsp3) is 0.462. The van der Waals surface area contributed by atoms with E-state index in [0.29, 0.717) is 18.4 Å². The van der Waals surface area contributed by atoms with Gasteiger partial charge in [-0.2, -0.15) is 0 Å². The molecule has 0 aliphatic heterocycles. The van der Waals surface area contributed by atoms with Crippen LogP contribution in [0.2, 0.25) is 0 Å². The number of benzene rings is 1. The number of amides is 1. The van der Waals surface area contributed by atoms with Crippen molar-refractivity contribution < 1.29 is 18.3 Å². The summed E-state index contributed by atoms with van der Waals surface area (Å²) in [6, 6.07) is 1.71. The average Bonchev–Trinajstić information content (AvgIpc) is 2.34. The minimum absolute atomic E-state index is 0.158. The fourth-order valence-electron chi connectivity index (χ4n) is 1.62. The van der Waals surface area contributed by atoms with E-state index in [-0.39, 0.29) is 17.2 Å². The van der Waals surface area contributed by atoms with Gasteiger partial charge in [0, 0.05) is 18.5 Å². The van der Waals surface area contributed by atoms with Gasteiger partial charge in [-0.25, -0.2) is 8.78 Å². The molecule has 1 atom stereocenters. The van der Waals surface area contributed by atoms with Crippen molar-refractivity contribution in [1.82, 2.24) is 5.32 Å². The van der Waals surface area contributed by atoms with Crippen molar-refractivity contribution in [2.75, 3.05) is 19.0 Å². The topological polar surface area (TPSA) is 38.3 Å². The van der Waals surface area contributed by atoms with E-state index >= 15 is 0 Å². The van der Waals surface area contributed by atoms with E-state index in [9.17, 15) is 13.6 Å². The molecule has 0 bridgehead atoms. The number of alkyl halides is 1. The lowest BCUT2D eigenvalue weighted by molar-refractivity contribution is 0.0891. The second kappa shape index (κ2) is 7.55. The van der Waals surface area contributed by atoms with E-state index < -0.39 is 17.5 Å². The van der Waals surface area contributed by atoms with Crippen molar-refractivity contribution in [3.8, 4) is 0 Å². The third-order valence-electron chi connectivity index (χ3n) is 2.65. The minimum atomic E-state index is -0.865. The van der Waals surface area contributed by atoms with Crippen molar-refractivity contribution in [1.29, 1.82) is 0 Å². The third-order valence-corrected chi connectivity index (χ3v) is 3.11. The van der Waals surface area contributed by atoms with Gasteiger partial charge in [-0.1, -0.05) is 15.9 Å². The Hall–Kier alpha value is -1.01. The van der Waals surface area contributed by atoms with E-state index in [1.807, 2.05) is 0 Å². The van der Waals surface area contributed by atoms with Crippen molar-refractivity contribution in [2.45, 2.75) is 19.4 Å². The molecule has 19 heavy (non-hydrogen) atoms. The zero-order valence-corrected chi connectivity index (χ0v) is 12.4. The highest BCUT2D eigenvalue weighted by Gasteiger charge is 2.18. The largest absolute Gasteiger partial charge is 0.383 e. The maximum absolute atomic E-state index is 13.6. The van der Waals surface area contributed by atoms with E-state index in [2.05, 4.69) is 21.2 Å². The molecule has 0 saturated carbocycles. The van der Waals surface area contributed by atoms with Gasteiger partial charge >= 0.3 is 0 Å². The number of carbonyl (C=O) groups is 1. The Morgan fingerprint density at radius 2 is 2.11 bits per heavy atom. The maximum atomic E-state index is 13.6. The van der Waals surface area contributed by atoms with Crippen LogP contribution < -0.4 is 5.32 Å². The molecule has 6 heteroatoms. The van der Waals surface area contributed by atoms with Crippen LogP contribution in [-0.4, -0.2) is 31.0 Å². The van der Waals surface area contributed by atoms with Crippen LogP contribution in [-0.2, 0) is 4.74 Å². The number of hydrogen-bond acceptors (Lipinski definition) is 2. The number of carbonyl (C=O) groups excluding carboxylic acids is 1. The van der Waals surface area contributed by atoms with Crippen LogP contribution in [0.5, 0.6) is 0 Å². The molecule has 1 N–H and O–H groups in total. The number of methoxy groups -OCH3 is 1. The average molecular weight is 336 g/mol. The molecule has 0 radical (unpaired) electrons. The highest BCUT2D eigenvalue weighted by molar-refractivity contribution is 9.09. The second-order valence-electron chi connectivity index (χ2n) is 4.18. The Labute approximate surface area is 119 Å². The molecule has 1 aromatic rings. The quantitative estimate of drug-likeness (QED) is 0.812. The number of ether oxygens (including phenoxy) is 1. The summed E-state index contributed by atoms with van der Waals surface area (Å²) in [6.07, 6.45) is 0.654. The Kier molecular flexibility index (Phi) is 6.37. The lowest BCUT2D eigenvalue weighted by atomic mass is 10.1. The Morgan fingerprint density at radius 1 is 1.42 bits per heavy atom. The summed E-state index contributed by atoms with van der Waals surface area (Å²) in [7, 11) is 1.52. The summed E-state index contributed by atoms with van der Waals surface area (Å²) in [5.41, 5.74) is 0.0740. The standard InChI is InChI=1S/C13H16BrF2NO2/c1-8-5-10(12(16)6-11(8)15)13(18)17-9(3-4-14)7-19-2/h5-6,9H,3-4,7H2,1-2H3,(H,17,18). The minimum Gasteiger partial charge on any atom is -0.383 e. The molecule has 0 aliphatic carbocycles. The summed E-state index contributed by atoms with van der Waals surface area (Å²) in [6.45, 7) is 1.82. The molecule has 1 rings (SSSR count). The number of halogens is 3. The Morgan fingerprint density at radius 3 is 2.68 bits per heavy atom. The van der Waals surface area contributed by atoms with Gasteiger partial charge in [0.1, 0.15) is 11.6 Å². The molecule has 0 fully saturated rings. The lowest BCUT2D eigenvalue weighted by Gasteiger charge is -2.17. The van der Waals surface area contributed by atoms with Gasteiger partial charge in [0.25, 0.3) is 5.91 Å². The summed E-state index contributed by atoms with van der Waals surface area (Å²) >= 11 is 3.27. The summed E-state index contributed by atoms with van der Waals surface area (Å²) in [4.78, 5) is 11.9. The highest BCUT2D eigenvalue weighted by Crippen LogP contribution is 2.14. The first-order valence-electron chi connectivity index (χ1n) is 5.81. The third kappa shape index (κ3) is 4.54. The van der Waals surface area contributed by atoms with Gasteiger partial charge in [0.15, 0.2) is 0 Å². The van der Waals surface area contributed by atoms with Crippen molar-refractivity contribution in [2.24, 2.45) is 0 Å². The molecule has 0 saturated heterocycles. The fourth-order valence-corrected chi connectivity index (χ4v) is 2.18. The predicted molar refractivity (Wildman–Crippen MR) is 72.6 cm³/mol. The van der Waals surface area contributed by atoms with Crippen LogP contribution in [0, 0.1) is 18.6 Å². The zero-order chi connectivity index (χ0) is 14.4. The second-order valence-corrected chi connectivity index (χ2v) is 4.98. The summed E-state index contributed by atoms with van der Waals surface area (Å²) < 4.78 is 31.7. The molecule has 106 valence electrons. The van der Waals surface area contributed by atoms with E-state index in [1.165, 1.54) is 20.1 Å². The van der Waals surface area contributed by atoms with Gasteiger partial charge in [0.05, 0.1) is 18.2 Å². The maximum Gasteiger partial charge on any atom is 0.254 e. The van der Waals surface area contributed by atoms with Gasteiger partial charge < -0.3 is 10.1 Å². The van der Waals surface area contributed by atoms with Crippen molar-refractivity contribution in [3.05, 3.63) is 34.9 Å². The van der Waals surface area contributed by atoms with Crippen LogP contribution in [0.4, 0.5) is 8.78 Å².